The number of aliphatic hydroxyl groups is 1. The van der Waals surface area contributed by atoms with Crippen molar-refractivity contribution in [3.05, 3.63) is 29.3 Å². The van der Waals surface area contributed by atoms with Gasteiger partial charge in [0.05, 0.1) is 17.7 Å². The largest absolute Gasteiger partial charge is 0.507 e. The summed E-state index contributed by atoms with van der Waals surface area (Å²) in [5.41, 5.74) is -1.11. The molecule has 1 aromatic carbocycles. The summed E-state index contributed by atoms with van der Waals surface area (Å²) in [6, 6.07) is 2.62. The molecule has 1 amide bonds. The van der Waals surface area contributed by atoms with Crippen LogP contribution in [-0.2, 0) is 6.18 Å². The van der Waals surface area contributed by atoms with Crippen LogP contribution >= 0.6 is 0 Å². The van der Waals surface area contributed by atoms with Gasteiger partial charge in [0.2, 0.25) is 0 Å². The summed E-state index contributed by atoms with van der Waals surface area (Å²) in [6.45, 7) is 0.985. The number of fused-ring (bicyclic) bond motifs is 1. The van der Waals surface area contributed by atoms with E-state index in [-0.39, 0.29) is 30.2 Å². The molecule has 2 aliphatic heterocycles. The SMILES string of the molecule is CN1[C@@H](CO)C[C@@H]2CN(C(=O)c3ccc(C(F)(F)F)cc3O)C[C@@H]21. The van der Waals surface area contributed by atoms with Crippen molar-refractivity contribution < 1.29 is 28.2 Å². The Morgan fingerprint density at radius 1 is 1.33 bits per heavy atom. The van der Waals surface area contributed by atoms with Gasteiger partial charge in [0.25, 0.3) is 5.91 Å². The molecule has 5 nitrogen and oxygen atoms in total. The smallest absolute Gasteiger partial charge is 0.416 e. The Kier molecular flexibility index (Phi) is 4.21. The van der Waals surface area contributed by atoms with E-state index in [1.807, 2.05) is 11.9 Å². The Morgan fingerprint density at radius 2 is 2.04 bits per heavy atom. The van der Waals surface area contributed by atoms with Crippen LogP contribution in [0.5, 0.6) is 5.75 Å². The van der Waals surface area contributed by atoms with E-state index < -0.39 is 23.4 Å². The van der Waals surface area contributed by atoms with Crippen LogP contribution in [0.2, 0.25) is 0 Å². The topological polar surface area (TPSA) is 64.0 Å². The number of aliphatic hydroxyl groups excluding tert-OH is 1. The number of halogens is 3. The summed E-state index contributed by atoms with van der Waals surface area (Å²) in [5.74, 6) is -0.897. The standard InChI is InChI=1S/C16H19F3N2O3/c1-20-11(8-22)4-9-6-21(7-13(9)20)15(24)12-3-2-10(5-14(12)23)16(17,18)19/h2-3,5,9,11,13,22-23H,4,6-8H2,1H3/t9-,11-,13+/m1/s1. The Morgan fingerprint density at radius 3 is 2.58 bits per heavy atom. The van der Waals surface area contributed by atoms with E-state index in [2.05, 4.69) is 0 Å². The molecule has 0 unspecified atom stereocenters. The van der Waals surface area contributed by atoms with E-state index in [0.29, 0.717) is 19.2 Å². The second-order valence-electron chi connectivity index (χ2n) is 6.50. The summed E-state index contributed by atoms with van der Waals surface area (Å²) in [4.78, 5) is 16.1. The first-order valence-corrected chi connectivity index (χ1v) is 7.74. The monoisotopic (exact) mass is 344 g/mol. The molecule has 8 heteroatoms. The molecule has 2 heterocycles. The molecular weight excluding hydrogens is 325 g/mol. The molecule has 2 fully saturated rings. The van der Waals surface area contributed by atoms with Crippen molar-refractivity contribution in [1.82, 2.24) is 9.80 Å². The predicted octanol–water partition coefficient (Wildman–Crippen LogP) is 1.55. The number of hydrogen-bond acceptors (Lipinski definition) is 4. The van der Waals surface area contributed by atoms with Gasteiger partial charge in [0.15, 0.2) is 0 Å². The molecule has 3 rings (SSSR count). The molecule has 0 saturated carbocycles. The van der Waals surface area contributed by atoms with E-state index in [9.17, 15) is 28.2 Å². The van der Waals surface area contributed by atoms with Crippen molar-refractivity contribution in [2.75, 3.05) is 26.7 Å². The average Bonchev–Trinajstić information content (AvgIpc) is 3.05. The third-order valence-electron chi connectivity index (χ3n) is 5.13. The molecule has 2 aliphatic rings. The van der Waals surface area contributed by atoms with Crippen molar-refractivity contribution in [3.8, 4) is 5.75 Å². The number of benzene rings is 1. The average molecular weight is 344 g/mol. The Labute approximate surface area is 137 Å². The van der Waals surface area contributed by atoms with Crippen LogP contribution < -0.4 is 0 Å². The van der Waals surface area contributed by atoms with Crippen LogP contribution in [0.15, 0.2) is 18.2 Å². The number of alkyl halides is 3. The molecule has 0 bridgehead atoms. The normalized spacial score (nSPS) is 27.5. The fraction of sp³-hybridized carbons (Fsp3) is 0.562. The molecule has 1 aromatic rings. The summed E-state index contributed by atoms with van der Waals surface area (Å²) >= 11 is 0. The number of carbonyl (C=O) groups is 1. The van der Waals surface area contributed by atoms with Gasteiger partial charge >= 0.3 is 6.18 Å². The zero-order valence-corrected chi connectivity index (χ0v) is 13.1. The maximum atomic E-state index is 12.6. The number of rotatable bonds is 2. The lowest BCUT2D eigenvalue weighted by molar-refractivity contribution is -0.137. The van der Waals surface area contributed by atoms with Gasteiger partial charge in [-0.2, -0.15) is 13.2 Å². The highest BCUT2D eigenvalue weighted by molar-refractivity contribution is 5.97. The van der Waals surface area contributed by atoms with Crippen molar-refractivity contribution >= 4 is 5.91 Å². The van der Waals surface area contributed by atoms with Gasteiger partial charge in [0, 0.05) is 25.2 Å². The maximum absolute atomic E-state index is 12.6. The molecule has 0 aromatic heterocycles. The minimum absolute atomic E-state index is 0.0666. The number of likely N-dealkylation sites (tertiary alicyclic amines) is 2. The van der Waals surface area contributed by atoms with E-state index in [4.69, 9.17) is 0 Å². The summed E-state index contributed by atoms with van der Waals surface area (Å²) in [7, 11) is 1.90. The molecule has 132 valence electrons. The first-order valence-electron chi connectivity index (χ1n) is 7.74. The molecule has 0 spiro atoms. The molecule has 2 saturated heterocycles. The van der Waals surface area contributed by atoms with Gasteiger partial charge in [-0.25, -0.2) is 0 Å². The summed E-state index contributed by atoms with van der Waals surface area (Å²) in [5, 5.41) is 19.2. The maximum Gasteiger partial charge on any atom is 0.416 e. The number of carbonyl (C=O) groups excluding carboxylic acids is 1. The highest BCUT2D eigenvalue weighted by Gasteiger charge is 2.46. The second kappa shape index (κ2) is 5.93. The van der Waals surface area contributed by atoms with Crippen LogP contribution in [0, 0.1) is 5.92 Å². The fourth-order valence-electron chi connectivity index (χ4n) is 3.76. The van der Waals surface area contributed by atoms with Gasteiger partial charge < -0.3 is 15.1 Å². The number of phenolic OH excluding ortho intramolecular Hbond substituents is 1. The third kappa shape index (κ3) is 2.84. The van der Waals surface area contributed by atoms with E-state index in [1.165, 1.54) is 0 Å². The summed E-state index contributed by atoms with van der Waals surface area (Å²) < 4.78 is 37.9. The van der Waals surface area contributed by atoms with E-state index in [1.54, 1.807) is 4.90 Å². The number of amides is 1. The summed E-state index contributed by atoms with van der Waals surface area (Å²) in [6.07, 6.45) is -3.79. The Bertz CT molecular complexity index is 650. The van der Waals surface area contributed by atoms with Crippen LogP contribution in [0.4, 0.5) is 13.2 Å². The Hall–Kier alpha value is -1.80. The van der Waals surface area contributed by atoms with Crippen molar-refractivity contribution in [1.29, 1.82) is 0 Å². The van der Waals surface area contributed by atoms with Crippen LogP contribution in [-0.4, -0.2) is 64.7 Å². The number of aromatic hydroxyl groups is 1. The van der Waals surface area contributed by atoms with Crippen molar-refractivity contribution in [2.24, 2.45) is 5.92 Å². The lowest BCUT2D eigenvalue weighted by atomic mass is 10.0. The first-order chi connectivity index (χ1) is 11.2. The highest BCUT2D eigenvalue weighted by atomic mass is 19.4. The molecule has 2 N–H and O–H groups in total. The number of likely N-dealkylation sites (N-methyl/N-ethyl adjacent to an activating group) is 1. The van der Waals surface area contributed by atoms with Gasteiger partial charge in [-0.05, 0) is 37.6 Å². The fourth-order valence-corrected chi connectivity index (χ4v) is 3.76. The second-order valence-corrected chi connectivity index (χ2v) is 6.50. The predicted molar refractivity (Wildman–Crippen MR) is 79.5 cm³/mol. The van der Waals surface area contributed by atoms with Gasteiger partial charge in [0.1, 0.15) is 5.75 Å². The molecule has 3 atom stereocenters. The van der Waals surface area contributed by atoms with Crippen LogP contribution in [0.3, 0.4) is 0 Å². The molecule has 0 radical (unpaired) electrons. The van der Waals surface area contributed by atoms with Gasteiger partial charge in [-0.15, -0.1) is 0 Å². The zero-order chi connectivity index (χ0) is 17.6. The molecule has 24 heavy (non-hydrogen) atoms. The zero-order valence-electron chi connectivity index (χ0n) is 13.1. The van der Waals surface area contributed by atoms with Crippen LogP contribution in [0.1, 0.15) is 22.3 Å². The highest BCUT2D eigenvalue weighted by Crippen LogP contribution is 2.37. The third-order valence-corrected chi connectivity index (χ3v) is 5.13. The van der Waals surface area contributed by atoms with Crippen molar-refractivity contribution in [2.45, 2.75) is 24.7 Å². The quantitative estimate of drug-likeness (QED) is 0.854. The minimum atomic E-state index is -4.56. The van der Waals surface area contributed by atoms with E-state index >= 15 is 0 Å². The Balaban J connectivity index is 1.75. The lowest BCUT2D eigenvalue weighted by Gasteiger charge is -2.25. The van der Waals surface area contributed by atoms with Gasteiger partial charge in [-0.1, -0.05) is 0 Å². The van der Waals surface area contributed by atoms with Gasteiger partial charge in [-0.3, -0.25) is 9.69 Å². The number of phenols is 1. The molecular formula is C16H19F3N2O3. The lowest BCUT2D eigenvalue weighted by Crippen LogP contribution is -2.40. The molecule has 0 aliphatic carbocycles. The number of nitrogens with zero attached hydrogens (tertiary/aromatic N) is 2. The van der Waals surface area contributed by atoms with Crippen LogP contribution in [0.25, 0.3) is 0 Å². The van der Waals surface area contributed by atoms with E-state index in [0.717, 1.165) is 18.6 Å². The number of hydrogen-bond donors (Lipinski definition) is 2. The minimum Gasteiger partial charge on any atom is -0.507 e. The van der Waals surface area contributed by atoms with Crippen molar-refractivity contribution in [3.63, 3.8) is 0 Å². The first kappa shape index (κ1) is 17.0.